The Hall–Kier alpha value is -1.00. The van der Waals surface area contributed by atoms with Gasteiger partial charge in [-0.15, -0.1) is 0 Å². The van der Waals surface area contributed by atoms with Gasteiger partial charge in [-0.2, -0.15) is 0 Å². The number of anilines is 2. The van der Waals surface area contributed by atoms with Gasteiger partial charge in [-0.1, -0.05) is 44.0 Å². The highest BCUT2D eigenvalue weighted by Crippen LogP contribution is 2.67. The number of benzene rings is 2. The smallest absolute Gasteiger partial charge is 0.0351 e. The van der Waals surface area contributed by atoms with Gasteiger partial charge in [0.2, 0.25) is 0 Å². The second-order valence-corrected chi connectivity index (χ2v) is 12.2. The van der Waals surface area contributed by atoms with Crippen LogP contribution in [0.4, 0.5) is 11.4 Å². The molecule has 0 spiro atoms. The third kappa shape index (κ3) is 4.60. The van der Waals surface area contributed by atoms with E-state index in [1.165, 1.54) is 62.7 Å². The van der Waals surface area contributed by atoms with Gasteiger partial charge in [-0.3, -0.25) is 0 Å². The van der Waals surface area contributed by atoms with E-state index in [1.54, 1.807) is 0 Å². The summed E-state index contributed by atoms with van der Waals surface area (Å²) >= 11 is 7.18. The lowest BCUT2D eigenvalue weighted by molar-refractivity contribution is -0.114. The minimum atomic E-state index is 0.582. The zero-order chi connectivity index (χ0) is 20.6. The Morgan fingerprint density at radius 3 is 1.63 bits per heavy atom. The van der Waals surface area contributed by atoms with Gasteiger partial charge in [0.25, 0.3) is 0 Å². The molecule has 0 aliphatic heterocycles. The van der Waals surface area contributed by atoms with E-state index in [0.29, 0.717) is 10.8 Å². The first kappa shape index (κ1) is 20.9. The molecular weight excluding hydrogens is 500 g/mol. The van der Waals surface area contributed by atoms with E-state index in [0.717, 1.165) is 33.9 Å². The third-order valence-electron chi connectivity index (χ3n) is 7.92. The number of rotatable bonds is 8. The maximum atomic E-state index is 3.70. The molecule has 0 saturated heterocycles. The molecule has 2 N–H and O–H groups in total. The SMILES string of the molecule is Brc1cccc(NCCC23CC4CC(C2)CC(CCNc2cccc(Br)c2)(C4)C3)c1. The van der Waals surface area contributed by atoms with Gasteiger partial charge in [0.05, 0.1) is 0 Å². The van der Waals surface area contributed by atoms with Crippen molar-refractivity contribution in [3.05, 3.63) is 57.5 Å². The molecule has 0 heterocycles. The minimum absolute atomic E-state index is 0.582. The lowest BCUT2D eigenvalue weighted by atomic mass is 9.43. The van der Waals surface area contributed by atoms with Gasteiger partial charge >= 0.3 is 0 Å². The number of hydrogen-bond acceptors (Lipinski definition) is 2. The quantitative estimate of drug-likeness (QED) is 0.359. The predicted octanol–water partition coefficient (Wildman–Crippen LogP) is 8.10. The highest BCUT2D eigenvalue weighted by Gasteiger charge is 2.56. The second kappa shape index (κ2) is 8.50. The van der Waals surface area contributed by atoms with Gasteiger partial charge in [0.15, 0.2) is 0 Å². The molecule has 0 radical (unpaired) electrons. The zero-order valence-corrected chi connectivity index (χ0v) is 20.8. The van der Waals surface area contributed by atoms with Crippen molar-refractivity contribution in [1.29, 1.82) is 0 Å². The fraction of sp³-hybridized carbons (Fsp3) is 0.538. The van der Waals surface area contributed by atoms with Crippen molar-refractivity contribution in [3.63, 3.8) is 0 Å². The maximum absolute atomic E-state index is 3.70. The summed E-state index contributed by atoms with van der Waals surface area (Å²) in [6.45, 7) is 2.20. The monoisotopic (exact) mass is 530 g/mol. The molecule has 160 valence electrons. The third-order valence-corrected chi connectivity index (χ3v) is 8.91. The summed E-state index contributed by atoms with van der Waals surface area (Å²) in [6, 6.07) is 17.2. The van der Waals surface area contributed by atoms with Crippen LogP contribution in [0.1, 0.15) is 51.4 Å². The van der Waals surface area contributed by atoms with Crippen LogP contribution in [-0.2, 0) is 0 Å². The first-order chi connectivity index (χ1) is 14.5. The molecule has 0 unspecified atom stereocenters. The first-order valence-electron chi connectivity index (χ1n) is 11.5. The van der Waals surface area contributed by atoms with E-state index < -0.39 is 0 Å². The topological polar surface area (TPSA) is 24.1 Å². The molecule has 2 aromatic carbocycles. The molecule has 4 aliphatic carbocycles. The Morgan fingerprint density at radius 1 is 0.733 bits per heavy atom. The normalized spacial score (nSPS) is 31.7. The van der Waals surface area contributed by atoms with Crippen LogP contribution in [0.15, 0.2) is 57.5 Å². The number of halogens is 2. The van der Waals surface area contributed by atoms with Crippen molar-refractivity contribution < 1.29 is 0 Å². The number of nitrogens with one attached hydrogen (secondary N) is 2. The molecular formula is C26H32Br2N2. The molecule has 4 fully saturated rings. The van der Waals surface area contributed by atoms with Gasteiger partial charge < -0.3 is 10.6 Å². The largest absolute Gasteiger partial charge is 0.385 e. The number of hydrogen-bond donors (Lipinski definition) is 2. The molecule has 30 heavy (non-hydrogen) atoms. The van der Waals surface area contributed by atoms with Gasteiger partial charge in [0.1, 0.15) is 0 Å². The van der Waals surface area contributed by atoms with Crippen LogP contribution in [0.3, 0.4) is 0 Å². The van der Waals surface area contributed by atoms with E-state index in [-0.39, 0.29) is 0 Å². The van der Waals surface area contributed by atoms with E-state index in [1.807, 2.05) is 0 Å². The molecule has 2 nitrogen and oxygen atoms in total. The van der Waals surface area contributed by atoms with E-state index >= 15 is 0 Å². The summed E-state index contributed by atoms with van der Waals surface area (Å²) < 4.78 is 2.30. The molecule has 0 aromatic heterocycles. The van der Waals surface area contributed by atoms with Crippen molar-refractivity contribution in [1.82, 2.24) is 0 Å². The highest BCUT2D eigenvalue weighted by atomic mass is 79.9. The Balaban J connectivity index is 1.21. The van der Waals surface area contributed by atoms with Crippen LogP contribution in [0, 0.1) is 22.7 Å². The summed E-state index contributed by atoms with van der Waals surface area (Å²) in [4.78, 5) is 0. The van der Waals surface area contributed by atoms with E-state index in [2.05, 4.69) is 91.0 Å². The Kier molecular flexibility index (Phi) is 5.92. The zero-order valence-electron chi connectivity index (χ0n) is 17.6. The Morgan fingerprint density at radius 2 is 1.20 bits per heavy atom. The van der Waals surface area contributed by atoms with Crippen LogP contribution >= 0.6 is 31.9 Å². The molecule has 0 amide bonds. The average Bonchev–Trinajstić information content (AvgIpc) is 2.67. The van der Waals surface area contributed by atoms with Crippen molar-refractivity contribution >= 4 is 43.2 Å². The van der Waals surface area contributed by atoms with Crippen molar-refractivity contribution in [2.75, 3.05) is 23.7 Å². The fourth-order valence-corrected chi connectivity index (χ4v) is 8.17. The van der Waals surface area contributed by atoms with Gasteiger partial charge in [-0.05, 0) is 110 Å². The molecule has 6 rings (SSSR count). The summed E-state index contributed by atoms with van der Waals surface area (Å²) in [6.07, 6.45) is 11.5. The standard InChI is InChI=1S/C26H32Br2N2/c27-21-3-1-5-23(12-21)29-9-7-25-14-19-11-20(15-25)17-26(16-19,18-25)8-10-30-24-6-2-4-22(28)13-24/h1-6,12-13,19-20,29-30H,7-11,14-18H2. The Bertz CT molecular complexity index is 813. The van der Waals surface area contributed by atoms with Crippen LogP contribution in [0.25, 0.3) is 0 Å². The van der Waals surface area contributed by atoms with E-state index in [4.69, 9.17) is 0 Å². The van der Waals surface area contributed by atoms with Crippen molar-refractivity contribution in [2.24, 2.45) is 22.7 Å². The lowest BCUT2D eigenvalue weighted by Gasteiger charge is -2.62. The average molecular weight is 532 g/mol. The predicted molar refractivity (Wildman–Crippen MR) is 134 cm³/mol. The van der Waals surface area contributed by atoms with Crippen LogP contribution in [0.2, 0.25) is 0 Å². The lowest BCUT2D eigenvalue weighted by Crippen LogP contribution is -2.52. The summed E-state index contributed by atoms with van der Waals surface area (Å²) in [5.41, 5.74) is 3.64. The molecule has 4 aliphatic rings. The summed E-state index contributed by atoms with van der Waals surface area (Å²) in [7, 11) is 0. The van der Waals surface area contributed by atoms with E-state index in [9.17, 15) is 0 Å². The van der Waals surface area contributed by atoms with Crippen LogP contribution < -0.4 is 10.6 Å². The minimum Gasteiger partial charge on any atom is -0.385 e. The fourth-order valence-electron chi connectivity index (χ4n) is 7.38. The molecule has 2 aromatic rings. The second-order valence-electron chi connectivity index (χ2n) is 10.3. The first-order valence-corrected chi connectivity index (χ1v) is 13.1. The molecule has 4 bridgehead atoms. The summed E-state index contributed by atoms with van der Waals surface area (Å²) in [5.74, 6) is 1.95. The van der Waals surface area contributed by atoms with Crippen LogP contribution in [-0.4, -0.2) is 13.1 Å². The molecule has 4 heteroatoms. The Labute approximate surface area is 197 Å². The highest BCUT2D eigenvalue weighted by molar-refractivity contribution is 9.10. The maximum Gasteiger partial charge on any atom is 0.0351 e. The van der Waals surface area contributed by atoms with Gasteiger partial charge in [0, 0.05) is 33.4 Å². The summed E-state index contributed by atoms with van der Waals surface area (Å²) in [5, 5.41) is 7.39. The van der Waals surface area contributed by atoms with Gasteiger partial charge in [-0.25, -0.2) is 0 Å². The molecule has 0 atom stereocenters. The van der Waals surface area contributed by atoms with Crippen molar-refractivity contribution in [2.45, 2.75) is 51.4 Å². The molecule has 4 saturated carbocycles. The van der Waals surface area contributed by atoms with Crippen molar-refractivity contribution in [3.8, 4) is 0 Å². The van der Waals surface area contributed by atoms with Crippen LogP contribution in [0.5, 0.6) is 0 Å².